The number of pyridine rings is 1. The third-order valence-corrected chi connectivity index (χ3v) is 3.02. The maximum absolute atomic E-state index is 6.03. The van der Waals surface area contributed by atoms with Gasteiger partial charge in [-0.3, -0.25) is 4.98 Å². The first-order chi connectivity index (χ1) is 8.72. The number of rotatable bonds is 5. The van der Waals surface area contributed by atoms with Crippen LogP contribution < -0.4 is 5.73 Å². The highest BCUT2D eigenvalue weighted by molar-refractivity contribution is 5.10. The zero-order chi connectivity index (χ0) is 13.0. The second kappa shape index (κ2) is 5.73. The van der Waals surface area contributed by atoms with Crippen LogP contribution in [0.1, 0.15) is 50.2 Å². The minimum Gasteiger partial charge on any atom is -0.323 e. The minimum atomic E-state index is -0.0281. The molecule has 0 bridgehead atoms. The molecule has 2 N–H and O–H groups in total. The summed E-state index contributed by atoms with van der Waals surface area (Å²) in [4.78, 5) is 4.33. The Morgan fingerprint density at radius 3 is 2.83 bits per heavy atom. The molecule has 0 saturated carbocycles. The van der Waals surface area contributed by atoms with Crippen LogP contribution >= 0.6 is 0 Å². The maximum Gasteiger partial charge on any atom is 0.0994 e. The van der Waals surface area contributed by atoms with Crippen molar-refractivity contribution in [3.05, 3.63) is 42.0 Å². The van der Waals surface area contributed by atoms with Gasteiger partial charge in [-0.15, -0.1) is 5.10 Å². The van der Waals surface area contributed by atoms with E-state index in [1.807, 2.05) is 36.0 Å². The van der Waals surface area contributed by atoms with E-state index in [1.54, 1.807) is 6.20 Å². The first-order valence-corrected chi connectivity index (χ1v) is 6.30. The van der Waals surface area contributed by atoms with Crippen LogP contribution in [0.4, 0.5) is 0 Å². The van der Waals surface area contributed by atoms with Gasteiger partial charge in [0.15, 0.2) is 0 Å². The molecule has 2 heterocycles. The van der Waals surface area contributed by atoms with E-state index in [2.05, 4.69) is 22.2 Å². The Hall–Kier alpha value is -1.75. The summed E-state index contributed by atoms with van der Waals surface area (Å²) in [6.45, 7) is 4.16. The average molecular weight is 245 g/mol. The van der Waals surface area contributed by atoms with Crippen LogP contribution in [0, 0.1) is 0 Å². The highest BCUT2D eigenvalue weighted by atomic mass is 15.4. The Balaban J connectivity index is 2.15. The molecule has 0 aromatic carbocycles. The lowest BCUT2D eigenvalue weighted by molar-refractivity contribution is 0.531. The van der Waals surface area contributed by atoms with E-state index in [0.717, 1.165) is 24.2 Å². The zero-order valence-corrected chi connectivity index (χ0v) is 10.8. The SMILES string of the molecule is CCCC(N)c1cn([C@@H](C)c2ccccn2)nn1. The predicted molar refractivity (Wildman–Crippen MR) is 69.9 cm³/mol. The Kier molecular flexibility index (Phi) is 4.04. The van der Waals surface area contributed by atoms with Gasteiger partial charge in [-0.2, -0.15) is 0 Å². The predicted octanol–water partition coefficient (Wildman–Crippen LogP) is 2.08. The van der Waals surface area contributed by atoms with E-state index in [4.69, 9.17) is 5.73 Å². The van der Waals surface area contributed by atoms with Crippen molar-refractivity contribution in [2.75, 3.05) is 0 Å². The molecule has 0 saturated heterocycles. The van der Waals surface area contributed by atoms with Gasteiger partial charge in [-0.1, -0.05) is 24.6 Å². The molecule has 96 valence electrons. The smallest absolute Gasteiger partial charge is 0.0994 e. The Labute approximate surface area is 107 Å². The molecule has 1 unspecified atom stereocenters. The molecular formula is C13H19N5. The highest BCUT2D eigenvalue weighted by Crippen LogP contribution is 2.17. The van der Waals surface area contributed by atoms with Crippen LogP contribution in [0.2, 0.25) is 0 Å². The van der Waals surface area contributed by atoms with Crippen molar-refractivity contribution < 1.29 is 0 Å². The molecule has 0 aliphatic heterocycles. The Morgan fingerprint density at radius 1 is 1.33 bits per heavy atom. The van der Waals surface area contributed by atoms with Crippen molar-refractivity contribution in [1.29, 1.82) is 0 Å². The molecule has 5 nitrogen and oxygen atoms in total. The third-order valence-electron chi connectivity index (χ3n) is 3.02. The van der Waals surface area contributed by atoms with E-state index in [9.17, 15) is 0 Å². The number of nitrogens with zero attached hydrogens (tertiary/aromatic N) is 4. The maximum atomic E-state index is 6.03. The van der Waals surface area contributed by atoms with Crippen molar-refractivity contribution >= 4 is 0 Å². The molecule has 18 heavy (non-hydrogen) atoms. The monoisotopic (exact) mass is 245 g/mol. The summed E-state index contributed by atoms with van der Waals surface area (Å²) < 4.78 is 1.81. The van der Waals surface area contributed by atoms with Crippen LogP contribution in [0.25, 0.3) is 0 Å². The van der Waals surface area contributed by atoms with Gasteiger partial charge in [0.1, 0.15) is 0 Å². The highest BCUT2D eigenvalue weighted by Gasteiger charge is 2.14. The summed E-state index contributed by atoms with van der Waals surface area (Å²) in [6, 6.07) is 5.90. The first kappa shape index (κ1) is 12.7. The first-order valence-electron chi connectivity index (χ1n) is 6.30. The summed E-state index contributed by atoms with van der Waals surface area (Å²) >= 11 is 0. The average Bonchev–Trinajstić information content (AvgIpc) is 2.89. The molecule has 2 rings (SSSR count). The molecule has 0 amide bonds. The molecule has 0 aliphatic rings. The van der Waals surface area contributed by atoms with Gasteiger partial charge in [0.05, 0.1) is 29.7 Å². The normalized spacial score (nSPS) is 14.4. The molecule has 0 radical (unpaired) electrons. The molecule has 2 atom stereocenters. The second-order valence-electron chi connectivity index (χ2n) is 4.45. The second-order valence-corrected chi connectivity index (χ2v) is 4.45. The molecule has 5 heteroatoms. The van der Waals surface area contributed by atoms with Crippen molar-refractivity contribution in [3.63, 3.8) is 0 Å². The van der Waals surface area contributed by atoms with Crippen molar-refractivity contribution in [1.82, 2.24) is 20.0 Å². The Bertz CT molecular complexity index is 479. The number of hydrogen-bond donors (Lipinski definition) is 1. The fourth-order valence-electron chi connectivity index (χ4n) is 1.87. The van der Waals surface area contributed by atoms with Gasteiger partial charge in [0.25, 0.3) is 0 Å². The summed E-state index contributed by atoms with van der Waals surface area (Å²) in [6.07, 6.45) is 5.67. The Morgan fingerprint density at radius 2 is 2.17 bits per heavy atom. The summed E-state index contributed by atoms with van der Waals surface area (Å²) in [5.74, 6) is 0. The summed E-state index contributed by atoms with van der Waals surface area (Å²) in [7, 11) is 0. The number of hydrogen-bond acceptors (Lipinski definition) is 4. The summed E-state index contributed by atoms with van der Waals surface area (Å²) in [5.41, 5.74) is 7.84. The summed E-state index contributed by atoms with van der Waals surface area (Å²) in [5, 5.41) is 8.28. The molecule has 0 fully saturated rings. The molecule has 2 aromatic rings. The third kappa shape index (κ3) is 2.73. The van der Waals surface area contributed by atoms with E-state index in [1.165, 1.54) is 0 Å². The van der Waals surface area contributed by atoms with Crippen LogP contribution in [0.15, 0.2) is 30.6 Å². The van der Waals surface area contributed by atoms with Gasteiger partial charge in [-0.05, 0) is 25.5 Å². The lowest BCUT2D eigenvalue weighted by Gasteiger charge is -2.10. The van der Waals surface area contributed by atoms with E-state index in [-0.39, 0.29) is 12.1 Å². The van der Waals surface area contributed by atoms with Crippen molar-refractivity contribution in [2.24, 2.45) is 5.73 Å². The fourth-order valence-corrected chi connectivity index (χ4v) is 1.87. The quantitative estimate of drug-likeness (QED) is 0.875. The molecule has 0 spiro atoms. The number of aromatic nitrogens is 4. The van der Waals surface area contributed by atoms with E-state index >= 15 is 0 Å². The topological polar surface area (TPSA) is 69.6 Å². The van der Waals surface area contributed by atoms with E-state index in [0.29, 0.717) is 0 Å². The van der Waals surface area contributed by atoms with E-state index < -0.39 is 0 Å². The van der Waals surface area contributed by atoms with Crippen LogP contribution in [-0.2, 0) is 0 Å². The molecular weight excluding hydrogens is 226 g/mol. The zero-order valence-electron chi connectivity index (χ0n) is 10.8. The lowest BCUT2D eigenvalue weighted by atomic mass is 10.1. The lowest BCUT2D eigenvalue weighted by Crippen LogP contribution is -2.10. The fraction of sp³-hybridized carbons (Fsp3) is 0.462. The van der Waals surface area contributed by atoms with Crippen molar-refractivity contribution in [2.45, 2.75) is 38.8 Å². The van der Waals surface area contributed by atoms with Crippen molar-refractivity contribution in [3.8, 4) is 0 Å². The van der Waals surface area contributed by atoms with Gasteiger partial charge in [0.2, 0.25) is 0 Å². The van der Waals surface area contributed by atoms with Gasteiger partial charge in [-0.25, -0.2) is 4.68 Å². The number of nitrogens with two attached hydrogens (primary N) is 1. The van der Waals surface area contributed by atoms with Crippen LogP contribution in [0.3, 0.4) is 0 Å². The van der Waals surface area contributed by atoms with Gasteiger partial charge < -0.3 is 5.73 Å². The largest absolute Gasteiger partial charge is 0.323 e. The molecule has 2 aromatic heterocycles. The minimum absolute atomic E-state index is 0.0281. The van der Waals surface area contributed by atoms with Crippen LogP contribution in [-0.4, -0.2) is 20.0 Å². The molecule has 0 aliphatic carbocycles. The standard InChI is InChI=1S/C13H19N5/c1-3-6-11(14)13-9-18(17-16-13)10(2)12-7-4-5-8-15-12/h4-5,7-11H,3,6,14H2,1-2H3/t10-,11?/m0/s1. The van der Waals surface area contributed by atoms with Gasteiger partial charge >= 0.3 is 0 Å². The van der Waals surface area contributed by atoms with Crippen LogP contribution in [0.5, 0.6) is 0 Å². The van der Waals surface area contributed by atoms with Gasteiger partial charge in [0, 0.05) is 6.20 Å².